The third kappa shape index (κ3) is 5.51. The predicted molar refractivity (Wildman–Crippen MR) is 149 cm³/mol. The van der Waals surface area contributed by atoms with Gasteiger partial charge >= 0.3 is 5.97 Å². The minimum absolute atomic E-state index is 0.119. The average Bonchev–Trinajstić information content (AvgIpc) is 3.50. The van der Waals surface area contributed by atoms with E-state index >= 15 is 0 Å². The molecule has 0 bridgehead atoms. The summed E-state index contributed by atoms with van der Waals surface area (Å²) in [6.07, 6.45) is 6.68. The van der Waals surface area contributed by atoms with Crippen molar-refractivity contribution in [3.05, 3.63) is 40.8 Å². The molecule has 0 unspecified atom stereocenters. The van der Waals surface area contributed by atoms with Crippen LogP contribution >= 0.6 is 11.3 Å². The predicted octanol–water partition coefficient (Wildman–Crippen LogP) is 5.44. The Kier molecular flexibility index (Phi) is 7.76. The second-order valence-corrected chi connectivity index (χ2v) is 11.5. The van der Waals surface area contributed by atoms with Gasteiger partial charge in [-0.15, -0.1) is 11.3 Å². The quantitative estimate of drug-likeness (QED) is 0.381. The van der Waals surface area contributed by atoms with Crippen molar-refractivity contribution in [2.45, 2.75) is 69.9 Å². The lowest BCUT2D eigenvalue weighted by atomic mass is 9.91. The number of morpholine rings is 1. The number of anilines is 2. The fourth-order valence-corrected chi connectivity index (χ4v) is 7.41. The zero-order valence-corrected chi connectivity index (χ0v) is 22.8. The normalized spacial score (nSPS) is 23.8. The van der Waals surface area contributed by atoms with E-state index in [2.05, 4.69) is 10.2 Å². The van der Waals surface area contributed by atoms with Gasteiger partial charge in [0.2, 0.25) is 11.8 Å². The molecule has 2 fully saturated rings. The first-order valence-electron chi connectivity index (χ1n) is 14.0. The molecule has 1 aliphatic heterocycles. The molecule has 8 nitrogen and oxygen atoms in total. The summed E-state index contributed by atoms with van der Waals surface area (Å²) >= 11 is 1.71. The van der Waals surface area contributed by atoms with Crippen molar-refractivity contribution < 1.29 is 19.0 Å². The summed E-state index contributed by atoms with van der Waals surface area (Å²) in [6, 6.07) is 10.6. The maximum absolute atomic E-state index is 12.4. The van der Waals surface area contributed by atoms with E-state index in [-0.39, 0.29) is 18.0 Å². The van der Waals surface area contributed by atoms with E-state index in [1.807, 2.05) is 37.3 Å². The van der Waals surface area contributed by atoms with Gasteiger partial charge in [-0.2, -0.15) is 4.98 Å². The number of thiophene rings is 1. The summed E-state index contributed by atoms with van der Waals surface area (Å²) in [6.45, 7) is 5.99. The van der Waals surface area contributed by atoms with Crippen LogP contribution in [-0.4, -0.2) is 65.9 Å². The molecule has 1 saturated heterocycles. The molecule has 38 heavy (non-hydrogen) atoms. The Hall–Kier alpha value is -2.75. The van der Waals surface area contributed by atoms with Crippen LogP contribution in [0.1, 0.15) is 61.8 Å². The van der Waals surface area contributed by atoms with Crippen molar-refractivity contribution in [2.75, 3.05) is 38.2 Å². The Balaban J connectivity index is 1.27. The van der Waals surface area contributed by atoms with Gasteiger partial charge in [-0.3, -0.25) is 9.69 Å². The second-order valence-electron chi connectivity index (χ2n) is 10.4. The monoisotopic (exact) mass is 536 g/mol. The molecule has 6 rings (SSSR count). The Bertz CT molecular complexity index is 1250. The number of aromatic nitrogens is 2. The molecule has 1 N–H and O–H groups in total. The van der Waals surface area contributed by atoms with Crippen molar-refractivity contribution in [1.29, 1.82) is 0 Å². The highest BCUT2D eigenvalue weighted by atomic mass is 32.1. The van der Waals surface area contributed by atoms with Crippen molar-refractivity contribution >= 4 is 39.2 Å². The van der Waals surface area contributed by atoms with Crippen LogP contribution in [0, 0.1) is 0 Å². The number of hydrogen-bond donors (Lipinski definition) is 1. The van der Waals surface area contributed by atoms with Gasteiger partial charge in [0, 0.05) is 29.7 Å². The Morgan fingerprint density at radius 3 is 2.66 bits per heavy atom. The number of carbonyl (C=O) groups excluding carboxylic acids is 1. The summed E-state index contributed by atoms with van der Waals surface area (Å²) in [5.74, 6) is 1.17. The Labute approximate surface area is 227 Å². The van der Waals surface area contributed by atoms with Gasteiger partial charge in [-0.1, -0.05) is 18.2 Å². The third-order valence-electron chi connectivity index (χ3n) is 7.99. The first-order valence-corrected chi connectivity index (χ1v) is 14.8. The Morgan fingerprint density at radius 1 is 1.11 bits per heavy atom. The number of para-hydroxylation sites is 1. The molecule has 3 heterocycles. The van der Waals surface area contributed by atoms with E-state index in [4.69, 9.17) is 24.2 Å². The van der Waals surface area contributed by atoms with E-state index in [1.165, 1.54) is 10.4 Å². The minimum Gasteiger partial charge on any atom is -0.474 e. The summed E-state index contributed by atoms with van der Waals surface area (Å²) in [5, 5.41) is 4.35. The van der Waals surface area contributed by atoms with Crippen LogP contribution in [0.3, 0.4) is 0 Å². The highest BCUT2D eigenvalue weighted by molar-refractivity contribution is 7.19. The van der Waals surface area contributed by atoms with E-state index < -0.39 is 0 Å². The zero-order chi connectivity index (χ0) is 25.9. The number of hydrogen-bond acceptors (Lipinski definition) is 9. The lowest BCUT2D eigenvalue weighted by Gasteiger charge is -2.38. The van der Waals surface area contributed by atoms with E-state index in [9.17, 15) is 4.79 Å². The summed E-state index contributed by atoms with van der Waals surface area (Å²) in [7, 11) is 0. The molecule has 3 aliphatic rings. The lowest BCUT2D eigenvalue weighted by molar-refractivity contribution is -0.143. The van der Waals surface area contributed by atoms with Crippen molar-refractivity contribution in [3.63, 3.8) is 0 Å². The summed E-state index contributed by atoms with van der Waals surface area (Å²) in [5.41, 5.74) is 2.13. The summed E-state index contributed by atoms with van der Waals surface area (Å²) in [4.78, 5) is 27.0. The average molecular weight is 537 g/mol. The van der Waals surface area contributed by atoms with E-state index in [0.29, 0.717) is 30.9 Å². The highest BCUT2D eigenvalue weighted by Crippen LogP contribution is 2.48. The van der Waals surface area contributed by atoms with Gasteiger partial charge in [-0.25, -0.2) is 4.98 Å². The lowest BCUT2D eigenvalue weighted by Crippen LogP contribution is -2.46. The fourth-order valence-electron chi connectivity index (χ4n) is 6.15. The van der Waals surface area contributed by atoms with Crippen LogP contribution < -0.4 is 10.1 Å². The number of ether oxygens (including phenoxy) is 3. The molecule has 2 aromatic heterocycles. The number of nitrogens with zero attached hydrogens (tertiary/aromatic N) is 3. The van der Waals surface area contributed by atoms with Gasteiger partial charge < -0.3 is 19.5 Å². The van der Waals surface area contributed by atoms with Gasteiger partial charge in [0.25, 0.3) is 0 Å². The van der Waals surface area contributed by atoms with Crippen LogP contribution in [0.25, 0.3) is 10.2 Å². The minimum atomic E-state index is -0.142. The molecule has 1 aromatic carbocycles. The SMILES string of the molecule is CCOC(=O)C[C@H]1CCc2sc3nc(Nc4ccccc4)nc(OC4CCC(N5CCOCC5)CC4)c3c21. The van der Waals surface area contributed by atoms with E-state index in [1.54, 1.807) is 11.3 Å². The first kappa shape index (κ1) is 25.5. The fraction of sp³-hybridized carbons (Fsp3) is 0.552. The largest absolute Gasteiger partial charge is 0.474 e. The molecule has 1 saturated carbocycles. The molecule has 0 spiro atoms. The number of nitrogens with one attached hydrogen (secondary N) is 1. The van der Waals surface area contributed by atoms with Crippen LogP contribution in [0.5, 0.6) is 5.88 Å². The molecule has 3 aromatic rings. The standard InChI is InChI=1S/C29H36N4O4S/c1-2-36-24(34)18-19-8-13-23-25(19)26-27(31-29(32-28(26)38-23)30-20-6-4-3-5-7-20)37-22-11-9-21(10-12-22)33-14-16-35-17-15-33/h3-7,19,21-22H,2,8-18H2,1H3,(H,30,31,32)/t19-,21?,22?/m1/s1. The van der Waals surface area contributed by atoms with Crippen LogP contribution in [0.15, 0.2) is 30.3 Å². The number of rotatable bonds is 8. The third-order valence-corrected chi connectivity index (χ3v) is 9.15. The molecule has 202 valence electrons. The number of esters is 1. The number of benzene rings is 1. The molecule has 0 radical (unpaired) electrons. The van der Waals surface area contributed by atoms with Gasteiger partial charge in [0.05, 0.1) is 31.6 Å². The smallest absolute Gasteiger partial charge is 0.306 e. The second kappa shape index (κ2) is 11.6. The maximum atomic E-state index is 12.4. The number of aryl methyl sites for hydroxylation is 1. The summed E-state index contributed by atoms with van der Waals surface area (Å²) < 4.78 is 17.6. The van der Waals surface area contributed by atoms with Gasteiger partial charge in [-0.05, 0) is 69.1 Å². The van der Waals surface area contributed by atoms with Crippen LogP contribution in [0.2, 0.25) is 0 Å². The van der Waals surface area contributed by atoms with Gasteiger partial charge in [0.1, 0.15) is 10.9 Å². The maximum Gasteiger partial charge on any atom is 0.306 e. The van der Waals surface area contributed by atoms with Crippen LogP contribution in [-0.2, 0) is 20.7 Å². The topological polar surface area (TPSA) is 85.8 Å². The highest BCUT2D eigenvalue weighted by Gasteiger charge is 2.34. The molecular weight excluding hydrogens is 500 g/mol. The molecule has 9 heteroatoms. The number of carbonyl (C=O) groups is 1. The van der Waals surface area contributed by atoms with Crippen molar-refractivity contribution in [1.82, 2.24) is 14.9 Å². The van der Waals surface area contributed by atoms with E-state index in [0.717, 1.165) is 80.7 Å². The molecule has 1 atom stereocenters. The van der Waals surface area contributed by atoms with Gasteiger partial charge in [0.15, 0.2) is 0 Å². The first-order chi connectivity index (χ1) is 18.7. The Morgan fingerprint density at radius 2 is 1.89 bits per heavy atom. The van der Waals surface area contributed by atoms with Crippen LogP contribution in [0.4, 0.5) is 11.6 Å². The number of fused-ring (bicyclic) bond motifs is 3. The van der Waals surface area contributed by atoms with Crippen molar-refractivity contribution in [2.24, 2.45) is 0 Å². The molecular formula is C29H36N4O4S. The zero-order valence-electron chi connectivity index (χ0n) is 22.0. The molecule has 0 amide bonds. The molecule has 2 aliphatic carbocycles. The van der Waals surface area contributed by atoms with Crippen molar-refractivity contribution in [3.8, 4) is 5.88 Å².